The topological polar surface area (TPSA) is 46.5 Å². The van der Waals surface area contributed by atoms with Crippen LogP contribution in [0.2, 0.25) is 0 Å². The molecule has 1 N–H and O–H groups in total. The molecular weight excluding hydrogens is 324 g/mol. The Morgan fingerprint density at radius 3 is 2.27 bits per heavy atom. The first kappa shape index (κ1) is 19.8. The minimum atomic E-state index is -0.774. The highest BCUT2D eigenvalue weighted by molar-refractivity contribution is 5.67. The molecule has 3 heteroatoms. The van der Waals surface area contributed by atoms with Crippen molar-refractivity contribution >= 4 is 12.0 Å². The van der Waals surface area contributed by atoms with Gasteiger partial charge in [0.15, 0.2) is 0 Å². The number of carboxylic acids is 1. The lowest BCUT2D eigenvalue weighted by molar-refractivity contribution is -0.136. The molecule has 0 unspecified atom stereocenters. The van der Waals surface area contributed by atoms with Gasteiger partial charge >= 0.3 is 5.97 Å². The van der Waals surface area contributed by atoms with Gasteiger partial charge in [0.2, 0.25) is 0 Å². The van der Waals surface area contributed by atoms with E-state index in [1.165, 1.54) is 30.4 Å². The first-order chi connectivity index (χ1) is 12.7. The standard InChI is InChI=1S/C23H28O3/c1-2-3-4-6-19-8-10-20(11-9-19)7-5-18-26-22-15-12-21(13-16-22)14-17-23(24)25/h5,7-13,15-16H,2-4,6,14,17-18H2,1H3,(H,24,25)/b7-5+. The van der Waals surface area contributed by atoms with Crippen molar-refractivity contribution in [2.45, 2.75) is 45.4 Å². The summed E-state index contributed by atoms with van der Waals surface area (Å²) in [7, 11) is 0. The number of benzene rings is 2. The van der Waals surface area contributed by atoms with E-state index in [2.05, 4.69) is 37.3 Å². The molecular formula is C23H28O3. The van der Waals surface area contributed by atoms with E-state index in [-0.39, 0.29) is 6.42 Å². The van der Waals surface area contributed by atoms with Gasteiger partial charge in [0.05, 0.1) is 0 Å². The summed E-state index contributed by atoms with van der Waals surface area (Å²) < 4.78 is 5.69. The van der Waals surface area contributed by atoms with Crippen LogP contribution in [-0.2, 0) is 17.6 Å². The third kappa shape index (κ3) is 7.56. The fourth-order valence-corrected chi connectivity index (χ4v) is 2.71. The van der Waals surface area contributed by atoms with Gasteiger partial charge in [0.1, 0.15) is 12.4 Å². The van der Waals surface area contributed by atoms with Gasteiger partial charge in [0, 0.05) is 6.42 Å². The van der Waals surface area contributed by atoms with E-state index < -0.39 is 5.97 Å². The predicted molar refractivity (Wildman–Crippen MR) is 107 cm³/mol. The Morgan fingerprint density at radius 2 is 1.62 bits per heavy atom. The second-order valence-corrected chi connectivity index (χ2v) is 6.45. The second kappa shape index (κ2) is 11.1. The molecule has 0 aromatic heterocycles. The van der Waals surface area contributed by atoms with Gasteiger partial charge in [-0.15, -0.1) is 0 Å². The van der Waals surface area contributed by atoms with Gasteiger partial charge in [-0.1, -0.05) is 62.2 Å². The van der Waals surface area contributed by atoms with E-state index in [1.807, 2.05) is 30.3 Å². The van der Waals surface area contributed by atoms with Crippen molar-refractivity contribution in [1.29, 1.82) is 0 Å². The second-order valence-electron chi connectivity index (χ2n) is 6.45. The summed E-state index contributed by atoms with van der Waals surface area (Å²) in [6.45, 7) is 2.73. The summed E-state index contributed by atoms with van der Waals surface area (Å²) in [5.41, 5.74) is 3.58. The number of hydrogen-bond donors (Lipinski definition) is 1. The summed E-state index contributed by atoms with van der Waals surface area (Å²) >= 11 is 0. The van der Waals surface area contributed by atoms with Gasteiger partial charge in [-0.25, -0.2) is 0 Å². The highest BCUT2D eigenvalue weighted by Crippen LogP contribution is 2.14. The van der Waals surface area contributed by atoms with Crippen LogP contribution in [0.25, 0.3) is 6.08 Å². The Bertz CT molecular complexity index is 684. The van der Waals surface area contributed by atoms with Gasteiger partial charge in [-0.2, -0.15) is 0 Å². The van der Waals surface area contributed by atoms with Gasteiger partial charge in [-0.3, -0.25) is 4.79 Å². The highest BCUT2D eigenvalue weighted by atomic mass is 16.5. The van der Waals surface area contributed by atoms with E-state index >= 15 is 0 Å². The van der Waals surface area contributed by atoms with Crippen molar-refractivity contribution in [2.75, 3.05) is 6.61 Å². The smallest absolute Gasteiger partial charge is 0.303 e. The molecule has 0 radical (unpaired) electrons. The zero-order valence-electron chi connectivity index (χ0n) is 15.5. The Kier molecular flexibility index (Phi) is 8.47. The van der Waals surface area contributed by atoms with Crippen molar-refractivity contribution in [3.8, 4) is 5.75 Å². The van der Waals surface area contributed by atoms with Crippen molar-refractivity contribution in [3.63, 3.8) is 0 Å². The monoisotopic (exact) mass is 352 g/mol. The molecule has 0 spiro atoms. The molecule has 0 aliphatic carbocycles. The van der Waals surface area contributed by atoms with Crippen LogP contribution in [0, 0.1) is 0 Å². The zero-order valence-corrected chi connectivity index (χ0v) is 15.5. The van der Waals surface area contributed by atoms with Crippen molar-refractivity contribution in [3.05, 3.63) is 71.3 Å². The van der Waals surface area contributed by atoms with E-state index in [4.69, 9.17) is 9.84 Å². The minimum Gasteiger partial charge on any atom is -0.490 e. The summed E-state index contributed by atoms with van der Waals surface area (Å²) in [5.74, 6) is 0.0180. The Balaban J connectivity index is 1.73. The molecule has 0 amide bonds. The molecule has 26 heavy (non-hydrogen) atoms. The van der Waals surface area contributed by atoms with Crippen LogP contribution in [0.5, 0.6) is 5.75 Å². The van der Waals surface area contributed by atoms with Gasteiger partial charge in [0.25, 0.3) is 0 Å². The fourth-order valence-electron chi connectivity index (χ4n) is 2.71. The number of rotatable bonds is 11. The molecule has 2 aromatic carbocycles. The van der Waals surface area contributed by atoms with Crippen LogP contribution in [0.3, 0.4) is 0 Å². The summed E-state index contributed by atoms with van der Waals surface area (Å²) in [6, 6.07) is 16.3. The molecule has 138 valence electrons. The van der Waals surface area contributed by atoms with Crippen molar-refractivity contribution in [1.82, 2.24) is 0 Å². The molecule has 0 aliphatic rings. The molecule has 0 heterocycles. The number of aliphatic carboxylic acids is 1. The average Bonchev–Trinajstić information content (AvgIpc) is 2.66. The first-order valence-electron chi connectivity index (χ1n) is 9.36. The predicted octanol–water partition coefficient (Wildman–Crippen LogP) is 5.53. The maximum Gasteiger partial charge on any atom is 0.303 e. The average molecular weight is 352 g/mol. The highest BCUT2D eigenvalue weighted by Gasteiger charge is 1.99. The third-order valence-electron chi connectivity index (χ3n) is 4.26. The third-order valence-corrected chi connectivity index (χ3v) is 4.26. The normalized spacial score (nSPS) is 11.0. The molecule has 0 saturated heterocycles. The molecule has 0 atom stereocenters. The van der Waals surface area contributed by atoms with Crippen molar-refractivity contribution < 1.29 is 14.6 Å². The molecule has 0 bridgehead atoms. The number of carbonyl (C=O) groups is 1. The number of carboxylic acid groups (broad SMARTS) is 1. The van der Waals surface area contributed by atoms with Crippen LogP contribution in [0.15, 0.2) is 54.6 Å². The van der Waals surface area contributed by atoms with Crippen LogP contribution < -0.4 is 4.74 Å². The summed E-state index contributed by atoms with van der Waals surface area (Å²) in [6.07, 6.45) is 9.73. The molecule has 3 nitrogen and oxygen atoms in total. The Morgan fingerprint density at radius 1 is 0.962 bits per heavy atom. The first-order valence-corrected chi connectivity index (χ1v) is 9.36. The fraction of sp³-hybridized carbons (Fsp3) is 0.348. The van der Waals surface area contributed by atoms with E-state index in [0.717, 1.165) is 17.7 Å². The number of ether oxygens (including phenoxy) is 1. The molecule has 0 saturated carbocycles. The SMILES string of the molecule is CCCCCc1ccc(/C=C/COc2ccc(CCC(=O)O)cc2)cc1. The van der Waals surface area contributed by atoms with E-state index in [1.54, 1.807) is 0 Å². The zero-order chi connectivity index (χ0) is 18.6. The molecule has 0 aliphatic heterocycles. The Hall–Kier alpha value is -2.55. The van der Waals surface area contributed by atoms with Gasteiger partial charge in [-0.05, 0) is 54.2 Å². The number of aryl methyl sites for hydroxylation is 2. The lowest BCUT2D eigenvalue weighted by Crippen LogP contribution is -1.98. The summed E-state index contributed by atoms with van der Waals surface area (Å²) in [4.78, 5) is 10.6. The quantitative estimate of drug-likeness (QED) is 0.541. The van der Waals surface area contributed by atoms with E-state index in [0.29, 0.717) is 13.0 Å². The summed E-state index contributed by atoms with van der Waals surface area (Å²) in [5, 5.41) is 8.70. The maximum absolute atomic E-state index is 10.6. The number of hydrogen-bond acceptors (Lipinski definition) is 2. The maximum atomic E-state index is 10.6. The number of unbranched alkanes of at least 4 members (excludes halogenated alkanes) is 2. The minimum absolute atomic E-state index is 0.153. The molecule has 2 aromatic rings. The van der Waals surface area contributed by atoms with Crippen LogP contribution >= 0.6 is 0 Å². The largest absolute Gasteiger partial charge is 0.490 e. The van der Waals surface area contributed by atoms with E-state index in [9.17, 15) is 4.79 Å². The van der Waals surface area contributed by atoms with Crippen molar-refractivity contribution in [2.24, 2.45) is 0 Å². The lowest BCUT2D eigenvalue weighted by Gasteiger charge is -2.05. The Labute approximate surface area is 156 Å². The molecule has 0 fully saturated rings. The van der Waals surface area contributed by atoms with Gasteiger partial charge < -0.3 is 9.84 Å². The van der Waals surface area contributed by atoms with Crippen LogP contribution in [0.1, 0.15) is 49.3 Å². The molecule has 2 rings (SSSR count). The van der Waals surface area contributed by atoms with Crippen LogP contribution in [0.4, 0.5) is 0 Å². The van der Waals surface area contributed by atoms with Crippen LogP contribution in [-0.4, -0.2) is 17.7 Å². The lowest BCUT2D eigenvalue weighted by atomic mass is 10.1.